The Balaban J connectivity index is 1.14. The summed E-state index contributed by atoms with van der Waals surface area (Å²) in [6, 6.07) is 12.9. The highest BCUT2D eigenvalue weighted by Crippen LogP contribution is 2.40. The standard InChI is InChI=1S/C36H50F2O/c1-3-5-6-9-27-12-18-30(19-13-27)31-20-14-28(15-21-31)10-7-8-11-29-16-22-32(23-17-29)33-24-25-34(39-26-4-2)36(38)35(33)37/h7,10,12-13,18-19,24-25,28-29,31-32H,3-6,8-9,11,14-17,20-23,26H2,1-2H3/b10-7+. The molecule has 214 valence electrons. The molecular weight excluding hydrogens is 486 g/mol. The molecule has 0 N–H and O–H groups in total. The Morgan fingerprint density at radius 2 is 1.49 bits per heavy atom. The number of benzene rings is 2. The van der Waals surface area contributed by atoms with Gasteiger partial charge in [-0.1, -0.05) is 69.2 Å². The highest BCUT2D eigenvalue weighted by atomic mass is 19.2. The van der Waals surface area contributed by atoms with E-state index in [0.717, 1.165) is 50.4 Å². The first-order valence-electron chi connectivity index (χ1n) is 15.9. The van der Waals surface area contributed by atoms with Crippen molar-refractivity contribution in [2.24, 2.45) is 11.8 Å². The third kappa shape index (κ3) is 8.66. The maximum Gasteiger partial charge on any atom is 0.200 e. The fraction of sp³-hybridized carbons (Fsp3) is 0.611. The van der Waals surface area contributed by atoms with Crippen LogP contribution in [0, 0.1) is 23.5 Å². The number of unbranched alkanes of at least 4 members (excludes halogenated alkanes) is 2. The van der Waals surface area contributed by atoms with Crippen LogP contribution in [0.25, 0.3) is 0 Å². The van der Waals surface area contributed by atoms with E-state index in [-0.39, 0.29) is 11.7 Å². The van der Waals surface area contributed by atoms with Gasteiger partial charge in [0.2, 0.25) is 5.82 Å². The van der Waals surface area contributed by atoms with Gasteiger partial charge in [0, 0.05) is 0 Å². The zero-order chi connectivity index (χ0) is 27.5. The van der Waals surface area contributed by atoms with Gasteiger partial charge in [0.1, 0.15) is 0 Å². The van der Waals surface area contributed by atoms with Crippen LogP contribution in [0.4, 0.5) is 8.78 Å². The SMILES string of the molecule is CCCCCc1ccc(C2CCC(/C=C/CCC3CCC(c4ccc(OCCC)c(F)c4F)CC3)CC2)cc1. The lowest BCUT2D eigenvalue weighted by Gasteiger charge is -2.29. The fourth-order valence-electron chi connectivity index (χ4n) is 6.75. The third-order valence-electron chi connectivity index (χ3n) is 9.27. The summed E-state index contributed by atoms with van der Waals surface area (Å²) in [6.07, 6.45) is 22.5. The van der Waals surface area contributed by atoms with Gasteiger partial charge >= 0.3 is 0 Å². The third-order valence-corrected chi connectivity index (χ3v) is 9.27. The summed E-state index contributed by atoms with van der Waals surface area (Å²) in [5, 5.41) is 0. The summed E-state index contributed by atoms with van der Waals surface area (Å²) in [7, 11) is 0. The fourth-order valence-corrected chi connectivity index (χ4v) is 6.75. The van der Waals surface area contributed by atoms with Gasteiger partial charge in [0.05, 0.1) is 6.61 Å². The smallest absolute Gasteiger partial charge is 0.200 e. The molecule has 0 saturated heterocycles. The van der Waals surface area contributed by atoms with E-state index in [2.05, 4.69) is 43.3 Å². The lowest BCUT2D eigenvalue weighted by atomic mass is 9.76. The zero-order valence-corrected chi connectivity index (χ0v) is 24.4. The topological polar surface area (TPSA) is 9.23 Å². The molecule has 2 aliphatic rings. The summed E-state index contributed by atoms with van der Waals surface area (Å²) in [5.41, 5.74) is 3.56. The highest BCUT2D eigenvalue weighted by Gasteiger charge is 2.26. The van der Waals surface area contributed by atoms with Gasteiger partial charge < -0.3 is 4.74 Å². The van der Waals surface area contributed by atoms with Gasteiger partial charge in [-0.15, -0.1) is 0 Å². The highest BCUT2D eigenvalue weighted by molar-refractivity contribution is 5.33. The second kappa shape index (κ2) is 15.6. The summed E-state index contributed by atoms with van der Waals surface area (Å²) in [4.78, 5) is 0. The molecule has 4 rings (SSSR count). The van der Waals surface area contributed by atoms with E-state index in [0.29, 0.717) is 18.1 Å². The largest absolute Gasteiger partial charge is 0.490 e. The van der Waals surface area contributed by atoms with E-state index in [4.69, 9.17) is 4.74 Å². The van der Waals surface area contributed by atoms with Crippen LogP contribution in [0.2, 0.25) is 0 Å². The van der Waals surface area contributed by atoms with Crippen molar-refractivity contribution in [2.45, 2.75) is 122 Å². The van der Waals surface area contributed by atoms with Gasteiger partial charge in [0.25, 0.3) is 0 Å². The average Bonchev–Trinajstić information content (AvgIpc) is 2.97. The molecule has 0 unspecified atom stereocenters. The number of ether oxygens (including phenoxy) is 1. The number of halogens is 2. The molecule has 2 aliphatic carbocycles. The number of rotatable bonds is 13. The Morgan fingerprint density at radius 3 is 2.18 bits per heavy atom. The number of allylic oxidation sites excluding steroid dienone is 2. The van der Waals surface area contributed by atoms with E-state index < -0.39 is 11.6 Å². The van der Waals surface area contributed by atoms with Crippen LogP contribution in [0.3, 0.4) is 0 Å². The maximum absolute atomic E-state index is 14.7. The van der Waals surface area contributed by atoms with Crippen molar-refractivity contribution in [1.29, 1.82) is 0 Å². The van der Waals surface area contributed by atoms with Gasteiger partial charge in [-0.3, -0.25) is 0 Å². The van der Waals surface area contributed by atoms with Crippen molar-refractivity contribution >= 4 is 0 Å². The van der Waals surface area contributed by atoms with Crippen LogP contribution in [0.5, 0.6) is 5.75 Å². The molecule has 0 bridgehead atoms. The number of aryl methyl sites for hydroxylation is 1. The first-order valence-corrected chi connectivity index (χ1v) is 15.9. The molecule has 0 aromatic heterocycles. The van der Waals surface area contributed by atoms with E-state index in [1.807, 2.05) is 6.92 Å². The van der Waals surface area contributed by atoms with Crippen molar-refractivity contribution in [1.82, 2.24) is 0 Å². The molecule has 39 heavy (non-hydrogen) atoms. The lowest BCUT2D eigenvalue weighted by Crippen LogP contribution is -2.15. The van der Waals surface area contributed by atoms with Crippen molar-refractivity contribution < 1.29 is 13.5 Å². The van der Waals surface area contributed by atoms with E-state index >= 15 is 0 Å². The molecule has 2 aromatic carbocycles. The van der Waals surface area contributed by atoms with Gasteiger partial charge in [-0.05, 0) is 130 Å². The Labute approximate surface area is 236 Å². The van der Waals surface area contributed by atoms with Gasteiger partial charge in [0.15, 0.2) is 11.6 Å². The normalized spacial score (nSPS) is 23.8. The van der Waals surface area contributed by atoms with E-state index in [1.165, 1.54) is 68.9 Å². The van der Waals surface area contributed by atoms with E-state index in [1.54, 1.807) is 12.1 Å². The molecule has 0 amide bonds. The average molecular weight is 537 g/mol. The van der Waals surface area contributed by atoms with E-state index in [9.17, 15) is 8.78 Å². The van der Waals surface area contributed by atoms with Crippen LogP contribution < -0.4 is 4.74 Å². The van der Waals surface area contributed by atoms with Crippen molar-refractivity contribution in [3.8, 4) is 5.75 Å². The molecule has 0 atom stereocenters. The first kappa shape index (κ1) is 29.8. The van der Waals surface area contributed by atoms with Crippen molar-refractivity contribution in [3.05, 3.63) is 76.9 Å². The van der Waals surface area contributed by atoms with Crippen LogP contribution in [0.15, 0.2) is 48.6 Å². The first-order chi connectivity index (χ1) is 19.1. The molecule has 1 nitrogen and oxygen atoms in total. The molecule has 2 saturated carbocycles. The summed E-state index contributed by atoms with van der Waals surface area (Å²) in [6.45, 7) is 4.63. The Bertz CT molecular complexity index is 1010. The van der Waals surface area contributed by atoms with Crippen LogP contribution in [0.1, 0.15) is 132 Å². The second-order valence-electron chi connectivity index (χ2n) is 12.2. The molecule has 2 fully saturated rings. The Hall–Kier alpha value is -2.16. The van der Waals surface area contributed by atoms with Gasteiger partial charge in [-0.25, -0.2) is 4.39 Å². The van der Waals surface area contributed by atoms with Crippen LogP contribution in [-0.2, 0) is 6.42 Å². The van der Waals surface area contributed by atoms with Crippen molar-refractivity contribution in [2.75, 3.05) is 6.61 Å². The second-order valence-corrected chi connectivity index (χ2v) is 12.2. The van der Waals surface area contributed by atoms with Crippen molar-refractivity contribution in [3.63, 3.8) is 0 Å². The Kier molecular flexibility index (Phi) is 11.9. The van der Waals surface area contributed by atoms with Gasteiger partial charge in [-0.2, -0.15) is 4.39 Å². The maximum atomic E-state index is 14.7. The molecule has 3 heteroatoms. The van der Waals surface area contributed by atoms with Crippen LogP contribution in [-0.4, -0.2) is 6.61 Å². The number of hydrogen-bond donors (Lipinski definition) is 0. The molecular formula is C36H50F2O. The monoisotopic (exact) mass is 536 g/mol. The summed E-state index contributed by atoms with van der Waals surface area (Å²) < 4.78 is 34.5. The molecule has 2 aromatic rings. The predicted molar refractivity (Wildman–Crippen MR) is 160 cm³/mol. The molecule has 0 aliphatic heterocycles. The van der Waals surface area contributed by atoms with Crippen LogP contribution >= 0.6 is 0 Å². The minimum absolute atomic E-state index is 0.0406. The molecule has 0 heterocycles. The minimum atomic E-state index is -0.821. The zero-order valence-electron chi connectivity index (χ0n) is 24.4. The summed E-state index contributed by atoms with van der Waals surface area (Å²) in [5.74, 6) is 0.798. The number of hydrogen-bond acceptors (Lipinski definition) is 1. The Morgan fingerprint density at radius 1 is 0.769 bits per heavy atom. The summed E-state index contributed by atoms with van der Waals surface area (Å²) >= 11 is 0. The lowest BCUT2D eigenvalue weighted by molar-refractivity contribution is 0.288. The molecule has 0 radical (unpaired) electrons. The minimum Gasteiger partial charge on any atom is -0.490 e. The predicted octanol–water partition coefficient (Wildman–Crippen LogP) is 11.1. The molecule has 0 spiro atoms. The quantitative estimate of drug-likeness (QED) is 0.183.